The van der Waals surface area contributed by atoms with Crippen molar-refractivity contribution in [3.8, 4) is 6.07 Å². The highest BCUT2D eigenvalue weighted by Crippen LogP contribution is 2.34. The monoisotopic (exact) mass is 359 g/mol. The van der Waals surface area contributed by atoms with E-state index in [-0.39, 0.29) is 0 Å². The Hall–Kier alpha value is -2.51. The van der Waals surface area contributed by atoms with Crippen molar-refractivity contribution in [3.63, 3.8) is 0 Å². The van der Waals surface area contributed by atoms with Crippen molar-refractivity contribution in [1.29, 1.82) is 5.26 Å². The van der Waals surface area contributed by atoms with Crippen molar-refractivity contribution in [2.24, 2.45) is 0 Å². The molecule has 0 aromatic carbocycles. The van der Waals surface area contributed by atoms with E-state index in [2.05, 4.69) is 21.4 Å². The molecule has 1 fully saturated rings. The molecule has 26 heavy (non-hydrogen) atoms. The van der Waals surface area contributed by atoms with E-state index in [4.69, 9.17) is 4.74 Å². The van der Waals surface area contributed by atoms with Crippen molar-refractivity contribution in [2.45, 2.75) is 38.4 Å². The first-order valence-corrected chi connectivity index (χ1v) is 8.23. The molecule has 1 aliphatic rings. The Morgan fingerprint density at radius 1 is 1.38 bits per heavy atom. The van der Waals surface area contributed by atoms with Crippen LogP contribution in [0, 0.1) is 11.3 Å². The van der Waals surface area contributed by atoms with Crippen LogP contribution in [0.5, 0.6) is 0 Å². The average Bonchev–Trinajstić information content (AvgIpc) is 3.13. The minimum absolute atomic E-state index is 0.318. The van der Waals surface area contributed by atoms with Crippen LogP contribution in [0.4, 0.5) is 5.82 Å². The summed E-state index contributed by atoms with van der Waals surface area (Å²) in [5.41, 5.74) is 1.86. The van der Waals surface area contributed by atoms with E-state index in [1.54, 1.807) is 0 Å². The molecule has 0 spiro atoms. The van der Waals surface area contributed by atoms with E-state index < -0.39 is 31.1 Å². The number of allylic oxidation sites excluding steroid dienone is 1. The molecule has 0 amide bonds. The molecule has 9 nitrogen and oxygen atoms in total. The maximum atomic E-state index is 10.3. The van der Waals surface area contributed by atoms with Crippen molar-refractivity contribution in [2.75, 3.05) is 18.5 Å². The molecule has 9 heteroatoms. The summed E-state index contributed by atoms with van der Waals surface area (Å²) in [6.45, 7) is 4.08. The topological polar surface area (TPSA) is 136 Å². The smallest absolute Gasteiger partial charge is 0.164 e. The average molecular weight is 359 g/mol. The molecular formula is C17H21N5O4. The maximum absolute atomic E-state index is 10.3. The van der Waals surface area contributed by atoms with E-state index in [0.29, 0.717) is 29.0 Å². The molecule has 0 bridgehead atoms. The predicted molar refractivity (Wildman–Crippen MR) is 93.2 cm³/mol. The lowest BCUT2D eigenvalue weighted by Crippen LogP contribution is -2.33. The van der Waals surface area contributed by atoms with Gasteiger partial charge < -0.3 is 29.9 Å². The van der Waals surface area contributed by atoms with Gasteiger partial charge in [0.05, 0.1) is 17.6 Å². The van der Waals surface area contributed by atoms with E-state index in [1.807, 2.05) is 19.9 Å². The van der Waals surface area contributed by atoms with Crippen LogP contribution in [0.25, 0.3) is 11.0 Å². The number of rotatable bonds is 5. The van der Waals surface area contributed by atoms with Crippen molar-refractivity contribution >= 4 is 16.9 Å². The maximum Gasteiger partial charge on any atom is 0.164 e. The lowest BCUT2D eigenvalue weighted by atomic mass is 10.1. The number of nitrogens with zero attached hydrogens (tertiary/aromatic N) is 4. The Labute approximate surface area is 150 Å². The lowest BCUT2D eigenvalue weighted by Gasteiger charge is -2.17. The molecule has 0 aliphatic carbocycles. The summed E-state index contributed by atoms with van der Waals surface area (Å²) >= 11 is 0. The van der Waals surface area contributed by atoms with Gasteiger partial charge in [0, 0.05) is 12.7 Å². The zero-order valence-corrected chi connectivity index (χ0v) is 14.5. The summed E-state index contributed by atoms with van der Waals surface area (Å²) in [4.78, 5) is 8.43. The molecule has 138 valence electrons. The summed E-state index contributed by atoms with van der Waals surface area (Å²) in [5, 5.41) is 42.7. The van der Waals surface area contributed by atoms with Gasteiger partial charge >= 0.3 is 0 Å². The molecule has 2 aromatic rings. The first kappa shape index (κ1) is 18.3. The zero-order valence-electron chi connectivity index (χ0n) is 14.5. The van der Waals surface area contributed by atoms with Gasteiger partial charge in [-0.1, -0.05) is 11.6 Å². The summed E-state index contributed by atoms with van der Waals surface area (Å²) < 4.78 is 7.04. The Balaban J connectivity index is 2.04. The number of aliphatic hydroxyl groups excluding tert-OH is 3. The summed E-state index contributed by atoms with van der Waals surface area (Å²) in [6, 6.07) is 2.10. The fourth-order valence-corrected chi connectivity index (χ4v) is 2.96. The van der Waals surface area contributed by atoms with Gasteiger partial charge in [-0.25, -0.2) is 9.97 Å². The van der Waals surface area contributed by atoms with Crippen molar-refractivity contribution < 1.29 is 20.1 Å². The summed E-state index contributed by atoms with van der Waals surface area (Å²) in [7, 11) is 0. The van der Waals surface area contributed by atoms with Crippen LogP contribution >= 0.6 is 0 Å². The van der Waals surface area contributed by atoms with Gasteiger partial charge in [-0.15, -0.1) is 0 Å². The summed E-state index contributed by atoms with van der Waals surface area (Å²) in [6.07, 6.45) is 0.486. The van der Waals surface area contributed by atoms with Crippen LogP contribution in [-0.4, -0.2) is 61.3 Å². The van der Waals surface area contributed by atoms with Gasteiger partial charge in [-0.05, 0) is 13.8 Å². The Kier molecular flexibility index (Phi) is 5.20. The first-order valence-electron chi connectivity index (χ1n) is 8.23. The van der Waals surface area contributed by atoms with Crippen molar-refractivity contribution in [3.05, 3.63) is 29.7 Å². The predicted octanol–water partition coefficient (Wildman–Crippen LogP) is 0.293. The quantitative estimate of drug-likeness (QED) is 0.559. The number of fused-ring (bicyclic) bond motifs is 1. The zero-order chi connectivity index (χ0) is 18.8. The Morgan fingerprint density at radius 3 is 2.77 bits per heavy atom. The molecule has 3 heterocycles. The number of aromatic nitrogens is 3. The van der Waals surface area contributed by atoms with Gasteiger partial charge in [0.2, 0.25) is 0 Å². The fraction of sp³-hybridized carbons (Fsp3) is 0.471. The number of nitrogens with one attached hydrogen (secondary N) is 1. The van der Waals surface area contributed by atoms with Gasteiger partial charge in [0.1, 0.15) is 42.2 Å². The van der Waals surface area contributed by atoms with Crippen LogP contribution in [0.3, 0.4) is 0 Å². The second kappa shape index (κ2) is 7.39. The normalized spacial score (nSPS) is 25.2. The largest absolute Gasteiger partial charge is 0.394 e. The minimum atomic E-state index is -1.26. The third-order valence-corrected chi connectivity index (χ3v) is 4.30. The van der Waals surface area contributed by atoms with Crippen LogP contribution in [-0.2, 0) is 4.74 Å². The number of hydrogen-bond acceptors (Lipinski definition) is 8. The standard InChI is InChI=1S/C17H21N5O4/c1-9(2)3-4-19-15-12-10(5-18)6-22(16(12)21-8-20-15)17-14(25)13(24)11(7-23)26-17/h3,6,8,11,13-14,17,23-25H,4,7H2,1-2H3,(H,19,20,21)/t11-,13+,14-,17?/m0/s1. The highest BCUT2D eigenvalue weighted by atomic mass is 16.6. The number of anilines is 1. The SMILES string of the molecule is CC(C)=CCNc1ncnc2c1c(C#N)cn2C1O[C@@H](CO)[C@@H](O)[C@@H]1O. The molecule has 0 radical (unpaired) electrons. The minimum Gasteiger partial charge on any atom is -0.394 e. The second-order valence-corrected chi connectivity index (χ2v) is 6.37. The van der Waals surface area contributed by atoms with Gasteiger partial charge in [-0.3, -0.25) is 0 Å². The van der Waals surface area contributed by atoms with Crippen LogP contribution < -0.4 is 5.32 Å². The molecular weight excluding hydrogens is 338 g/mol. The van der Waals surface area contributed by atoms with Crippen LogP contribution in [0.15, 0.2) is 24.2 Å². The first-order chi connectivity index (χ1) is 12.5. The molecule has 1 saturated heterocycles. The third-order valence-electron chi connectivity index (χ3n) is 4.30. The Bertz CT molecular complexity index is 868. The second-order valence-electron chi connectivity index (χ2n) is 6.37. The van der Waals surface area contributed by atoms with Gasteiger partial charge in [-0.2, -0.15) is 5.26 Å². The number of aliphatic hydroxyl groups is 3. The molecule has 1 aliphatic heterocycles. The van der Waals surface area contributed by atoms with Gasteiger partial charge in [0.25, 0.3) is 0 Å². The molecule has 4 N–H and O–H groups in total. The van der Waals surface area contributed by atoms with Crippen LogP contribution in [0.2, 0.25) is 0 Å². The molecule has 1 unspecified atom stereocenters. The summed E-state index contributed by atoms with van der Waals surface area (Å²) in [5.74, 6) is 0.495. The highest BCUT2D eigenvalue weighted by Gasteiger charge is 2.44. The van der Waals surface area contributed by atoms with E-state index in [1.165, 1.54) is 17.1 Å². The third kappa shape index (κ3) is 3.15. The van der Waals surface area contributed by atoms with Crippen molar-refractivity contribution in [1.82, 2.24) is 14.5 Å². The molecule has 2 aromatic heterocycles. The highest BCUT2D eigenvalue weighted by molar-refractivity contribution is 5.93. The van der Waals surface area contributed by atoms with Crippen LogP contribution in [0.1, 0.15) is 25.6 Å². The van der Waals surface area contributed by atoms with E-state index in [0.717, 1.165) is 5.57 Å². The fourth-order valence-electron chi connectivity index (χ4n) is 2.96. The number of nitriles is 1. The number of ether oxygens (including phenoxy) is 1. The molecule has 0 saturated carbocycles. The molecule has 3 rings (SSSR count). The Morgan fingerprint density at radius 2 is 2.15 bits per heavy atom. The van der Waals surface area contributed by atoms with E-state index in [9.17, 15) is 20.6 Å². The lowest BCUT2D eigenvalue weighted by molar-refractivity contribution is -0.0508. The number of hydrogen-bond donors (Lipinski definition) is 4. The van der Waals surface area contributed by atoms with E-state index >= 15 is 0 Å². The molecule has 4 atom stereocenters. The van der Waals surface area contributed by atoms with Gasteiger partial charge in [0.15, 0.2) is 6.23 Å².